The number of ether oxygens (including phenoxy) is 2. The fraction of sp³-hybridized carbons (Fsp3) is 0.348. The highest BCUT2D eigenvalue weighted by Crippen LogP contribution is 2.33. The fourth-order valence-corrected chi connectivity index (χ4v) is 4.84. The van der Waals surface area contributed by atoms with Gasteiger partial charge < -0.3 is 9.47 Å². The number of methoxy groups -OCH3 is 1. The van der Waals surface area contributed by atoms with Crippen LogP contribution in [0.15, 0.2) is 47.6 Å². The third kappa shape index (κ3) is 5.05. The zero-order valence-corrected chi connectivity index (χ0v) is 19.1. The molecule has 0 saturated heterocycles. The van der Waals surface area contributed by atoms with Crippen molar-refractivity contribution in [3.05, 3.63) is 58.9 Å². The topological polar surface area (TPSA) is 66.2 Å². The Hall–Kier alpha value is -2.51. The number of rotatable bonds is 7. The smallest absolute Gasteiger partial charge is 0.196 e. The predicted octanol–water partition coefficient (Wildman–Crippen LogP) is 5.42. The second-order valence-electron chi connectivity index (χ2n) is 7.45. The number of nitrogens with zero attached hydrogens (tertiary/aromatic N) is 3. The summed E-state index contributed by atoms with van der Waals surface area (Å²) in [6.45, 7) is 2.19. The lowest BCUT2D eigenvalue weighted by Gasteiger charge is -2.20. The molecular weight excluding hydrogens is 434 g/mol. The van der Waals surface area contributed by atoms with Gasteiger partial charge in [-0.05, 0) is 61.7 Å². The zero-order chi connectivity index (χ0) is 21.8. The maximum absolute atomic E-state index is 12.4. The van der Waals surface area contributed by atoms with Crippen LogP contribution in [-0.2, 0) is 11.4 Å². The Balaban J connectivity index is 1.62. The number of aromatic nitrogens is 3. The molecule has 1 heterocycles. The second kappa shape index (κ2) is 9.75. The molecule has 0 N–H and O–H groups in total. The molecule has 0 aliphatic heterocycles. The summed E-state index contributed by atoms with van der Waals surface area (Å²) in [6.07, 6.45) is 3.52. The summed E-state index contributed by atoms with van der Waals surface area (Å²) >= 11 is 7.87. The average molecular weight is 458 g/mol. The highest BCUT2D eigenvalue weighted by Gasteiger charge is 2.27. The first-order valence-electron chi connectivity index (χ1n) is 10.2. The van der Waals surface area contributed by atoms with Crippen molar-refractivity contribution in [3.63, 3.8) is 0 Å². The molecule has 3 aromatic rings. The highest BCUT2D eigenvalue weighted by molar-refractivity contribution is 8.00. The molecule has 0 bridgehead atoms. The molecule has 1 aliphatic rings. The van der Waals surface area contributed by atoms with Crippen molar-refractivity contribution in [1.82, 2.24) is 14.8 Å². The van der Waals surface area contributed by atoms with E-state index in [1.165, 1.54) is 11.8 Å². The molecule has 6 nitrogen and oxygen atoms in total. The van der Waals surface area contributed by atoms with E-state index in [1.807, 2.05) is 54.0 Å². The third-order valence-electron chi connectivity index (χ3n) is 5.29. The summed E-state index contributed by atoms with van der Waals surface area (Å²) in [4.78, 5) is 12.4. The molecule has 1 unspecified atom stereocenters. The van der Waals surface area contributed by atoms with Crippen LogP contribution in [0.1, 0.15) is 37.1 Å². The Morgan fingerprint density at radius 2 is 1.90 bits per heavy atom. The molecule has 2 aromatic carbocycles. The minimum absolute atomic E-state index is 0.0898. The number of carbonyl (C=O) groups excluding carboxylic acids is 1. The molecule has 31 heavy (non-hydrogen) atoms. The first-order valence-corrected chi connectivity index (χ1v) is 11.5. The van der Waals surface area contributed by atoms with Gasteiger partial charge in [0.25, 0.3) is 0 Å². The standard InChI is InChI=1S/C23H24ClN3O3S/c1-15-7-8-16(13-19(15)24)27-22(14-30-18-11-9-17(29-2)10-12-18)25-26-23(27)31-21-6-4-3-5-20(21)28/h7-13,21H,3-6,14H2,1-2H3. The lowest BCUT2D eigenvalue weighted by atomic mass is 9.99. The number of halogens is 1. The summed E-state index contributed by atoms with van der Waals surface area (Å²) < 4.78 is 13.1. The molecule has 0 radical (unpaired) electrons. The maximum Gasteiger partial charge on any atom is 0.196 e. The molecule has 1 atom stereocenters. The Kier molecular flexibility index (Phi) is 6.83. The molecule has 0 amide bonds. The zero-order valence-electron chi connectivity index (χ0n) is 17.5. The van der Waals surface area contributed by atoms with Gasteiger partial charge >= 0.3 is 0 Å². The van der Waals surface area contributed by atoms with Gasteiger partial charge in [-0.15, -0.1) is 10.2 Å². The maximum atomic E-state index is 12.4. The Morgan fingerprint density at radius 3 is 2.61 bits per heavy atom. The van der Waals surface area contributed by atoms with Gasteiger partial charge in [-0.2, -0.15) is 0 Å². The number of thioether (sulfide) groups is 1. The molecule has 1 fully saturated rings. The van der Waals surface area contributed by atoms with Crippen molar-refractivity contribution >= 4 is 29.1 Å². The van der Waals surface area contributed by atoms with Crippen LogP contribution in [0.4, 0.5) is 0 Å². The number of benzene rings is 2. The number of hydrogen-bond acceptors (Lipinski definition) is 6. The van der Waals surface area contributed by atoms with E-state index in [0.717, 1.165) is 36.3 Å². The van der Waals surface area contributed by atoms with Gasteiger partial charge in [0.05, 0.1) is 18.0 Å². The molecule has 8 heteroatoms. The summed E-state index contributed by atoms with van der Waals surface area (Å²) in [5.74, 6) is 2.39. The molecule has 1 aromatic heterocycles. The molecular formula is C23H24ClN3O3S. The summed E-state index contributed by atoms with van der Waals surface area (Å²) in [5, 5.41) is 10.0. The average Bonchev–Trinajstić information content (AvgIpc) is 3.18. The highest BCUT2D eigenvalue weighted by atomic mass is 35.5. The SMILES string of the molecule is COc1ccc(OCc2nnc(SC3CCCCC3=O)n2-c2ccc(C)c(Cl)c2)cc1. The minimum atomic E-state index is -0.0898. The third-order valence-corrected chi connectivity index (χ3v) is 6.95. The minimum Gasteiger partial charge on any atom is -0.497 e. The van der Waals surface area contributed by atoms with E-state index in [9.17, 15) is 4.79 Å². The van der Waals surface area contributed by atoms with E-state index in [4.69, 9.17) is 21.1 Å². The Labute approximate surface area is 190 Å². The van der Waals surface area contributed by atoms with Gasteiger partial charge in [-0.1, -0.05) is 35.9 Å². The van der Waals surface area contributed by atoms with Crippen LogP contribution < -0.4 is 9.47 Å². The Morgan fingerprint density at radius 1 is 1.13 bits per heavy atom. The van der Waals surface area contributed by atoms with Crippen LogP contribution in [-0.4, -0.2) is 32.9 Å². The van der Waals surface area contributed by atoms with Crippen LogP contribution in [0.25, 0.3) is 5.69 Å². The number of hydrogen-bond donors (Lipinski definition) is 0. The quantitative estimate of drug-likeness (QED) is 0.472. The van der Waals surface area contributed by atoms with Crippen LogP contribution >= 0.6 is 23.4 Å². The van der Waals surface area contributed by atoms with E-state index < -0.39 is 0 Å². The summed E-state index contributed by atoms with van der Waals surface area (Å²) in [5.41, 5.74) is 1.84. The van der Waals surface area contributed by atoms with Crippen LogP contribution in [0.2, 0.25) is 5.02 Å². The number of carbonyl (C=O) groups is 1. The van der Waals surface area contributed by atoms with E-state index in [-0.39, 0.29) is 17.6 Å². The van der Waals surface area contributed by atoms with Gasteiger partial charge in [0.15, 0.2) is 11.0 Å². The van der Waals surface area contributed by atoms with Crippen molar-refractivity contribution in [2.75, 3.05) is 7.11 Å². The van der Waals surface area contributed by atoms with Crippen LogP contribution in [0.3, 0.4) is 0 Å². The Bertz CT molecular complexity index is 1070. The van der Waals surface area contributed by atoms with Crippen molar-refractivity contribution in [3.8, 4) is 17.2 Å². The molecule has 0 spiro atoms. The van der Waals surface area contributed by atoms with Crippen molar-refractivity contribution in [1.29, 1.82) is 0 Å². The van der Waals surface area contributed by atoms with Gasteiger partial charge in [-0.25, -0.2) is 0 Å². The number of Topliss-reactive ketones (excluding diaryl/α,β-unsaturated/α-hetero) is 1. The largest absolute Gasteiger partial charge is 0.497 e. The van der Waals surface area contributed by atoms with Crippen molar-refractivity contribution in [2.24, 2.45) is 0 Å². The number of ketones is 1. The molecule has 1 aliphatic carbocycles. The first kappa shape index (κ1) is 21.7. The van der Waals surface area contributed by atoms with Gasteiger partial charge in [0, 0.05) is 11.4 Å². The first-order chi connectivity index (χ1) is 15.0. The van der Waals surface area contributed by atoms with E-state index >= 15 is 0 Å². The monoisotopic (exact) mass is 457 g/mol. The van der Waals surface area contributed by atoms with Crippen molar-refractivity contribution in [2.45, 2.75) is 49.6 Å². The predicted molar refractivity (Wildman–Crippen MR) is 122 cm³/mol. The van der Waals surface area contributed by atoms with Gasteiger partial charge in [0.2, 0.25) is 0 Å². The van der Waals surface area contributed by atoms with Crippen molar-refractivity contribution < 1.29 is 14.3 Å². The number of aryl methyl sites for hydroxylation is 1. The molecule has 1 saturated carbocycles. The summed E-state index contributed by atoms with van der Waals surface area (Å²) in [7, 11) is 1.63. The molecule has 162 valence electrons. The lowest BCUT2D eigenvalue weighted by molar-refractivity contribution is -0.119. The fourth-order valence-electron chi connectivity index (χ4n) is 3.47. The van der Waals surface area contributed by atoms with E-state index in [2.05, 4.69) is 10.2 Å². The van der Waals surface area contributed by atoms with E-state index in [1.54, 1.807) is 7.11 Å². The van der Waals surface area contributed by atoms with E-state index in [0.29, 0.717) is 28.2 Å². The lowest BCUT2D eigenvalue weighted by Crippen LogP contribution is -2.22. The summed E-state index contributed by atoms with van der Waals surface area (Å²) in [6, 6.07) is 13.2. The second-order valence-corrected chi connectivity index (χ2v) is 9.03. The van der Waals surface area contributed by atoms with Crippen LogP contribution in [0, 0.1) is 6.92 Å². The van der Waals surface area contributed by atoms with Gasteiger partial charge in [0.1, 0.15) is 23.9 Å². The molecule has 4 rings (SSSR count). The van der Waals surface area contributed by atoms with Gasteiger partial charge in [-0.3, -0.25) is 9.36 Å². The van der Waals surface area contributed by atoms with Crippen LogP contribution in [0.5, 0.6) is 11.5 Å². The normalized spacial score (nSPS) is 16.4.